The highest BCUT2D eigenvalue weighted by Crippen LogP contribution is 2.30. The number of carbonyl (C=O) groups excluding carboxylic acids is 1. The molecule has 0 aromatic carbocycles. The van der Waals surface area contributed by atoms with Crippen molar-refractivity contribution in [2.24, 2.45) is 0 Å². The number of thiazole rings is 1. The van der Waals surface area contributed by atoms with Crippen LogP contribution >= 0.6 is 11.3 Å². The van der Waals surface area contributed by atoms with Crippen molar-refractivity contribution in [3.63, 3.8) is 0 Å². The van der Waals surface area contributed by atoms with E-state index in [9.17, 15) is 4.79 Å². The van der Waals surface area contributed by atoms with Crippen LogP contribution in [-0.4, -0.2) is 48.0 Å². The Morgan fingerprint density at radius 3 is 2.76 bits per heavy atom. The van der Waals surface area contributed by atoms with Crippen molar-refractivity contribution in [1.29, 1.82) is 0 Å². The Bertz CT molecular complexity index is 468. The highest BCUT2D eigenvalue weighted by molar-refractivity contribution is 7.18. The van der Waals surface area contributed by atoms with Crippen LogP contribution < -0.4 is 16.4 Å². The summed E-state index contributed by atoms with van der Waals surface area (Å²) in [6.07, 6.45) is 3.29. The van der Waals surface area contributed by atoms with Crippen molar-refractivity contribution in [3.8, 4) is 0 Å². The third-order valence-electron chi connectivity index (χ3n) is 3.60. The number of nitrogens with one attached hydrogen (secondary N) is 2. The van der Waals surface area contributed by atoms with Gasteiger partial charge in [0, 0.05) is 12.6 Å². The molecule has 0 radical (unpaired) electrons. The van der Waals surface area contributed by atoms with E-state index in [1.54, 1.807) is 0 Å². The number of carbonyl (C=O) groups is 1. The largest absolute Gasteiger partial charge is 0.382 e. The third-order valence-corrected chi connectivity index (χ3v) is 4.60. The molecule has 0 spiro atoms. The first kappa shape index (κ1) is 16.0. The smallest absolute Gasteiger partial charge is 0.265 e. The summed E-state index contributed by atoms with van der Waals surface area (Å²) in [5, 5.41) is 6.95. The van der Waals surface area contributed by atoms with Gasteiger partial charge in [0.1, 0.15) is 10.7 Å². The molecule has 0 bridgehead atoms. The van der Waals surface area contributed by atoms with E-state index in [4.69, 9.17) is 5.73 Å². The lowest BCUT2D eigenvalue weighted by molar-refractivity contribution is 0.0956. The second-order valence-corrected chi connectivity index (χ2v) is 6.29. The number of aromatic nitrogens is 1. The molecule has 0 aliphatic heterocycles. The number of nitrogen functional groups attached to an aromatic ring is 1. The van der Waals surface area contributed by atoms with Crippen LogP contribution in [0.4, 0.5) is 10.9 Å². The predicted molar refractivity (Wildman–Crippen MR) is 87.9 cm³/mol. The Balaban J connectivity index is 1.76. The molecular formula is C14H25N5OS. The average molecular weight is 311 g/mol. The number of nitrogens with zero attached hydrogens (tertiary/aromatic N) is 2. The summed E-state index contributed by atoms with van der Waals surface area (Å²) in [7, 11) is 0. The summed E-state index contributed by atoms with van der Waals surface area (Å²) in [6.45, 7) is 8.05. The molecule has 1 fully saturated rings. The second kappa shape index (κ2) is 7.61. The Morgan fingerprint density at radius 2 is 2.14 bits per heavy atom. The molecule has 7 heteroatoms. The van der Waals surface area contributed by atoms with Crippen LogP contribution in [0.25, 0.3) is 0 Å². The van der Waals surface area contributed by atoms with Gasteiger partial charge in [0.2, 0.25) is 0 Å². The first-order valence-corrected chi connectivity index (χ1v) is 8.49. The predicted octanol–water partition coefficient (Wildman–Crippen LogP) is 1.76. The van der Waals surface area contributed by atoms with E-state index < -0.39 is 0 Å². The van der Waals surface area contributed by atoms with Crippen LogP contribution in [0.5, 0.6) is 0 Å². The van der Waals surface area contributed by atoms with Gasteiger partial charge in [-0.2, -0.15) is 0 Å². The fraction of sp³-hybridized carbons (Fsp3) is 0.714. The van der Waals surface area contributed by atoms with Gasteiger partial charge in [-0.15, -0.1) is 0 Å². The Labute approximate surface area is 130 Å². The molecular weight excluding hydrogens is 286 g/mol. The Hall–Kier alpha value is -1.34. The zero-order valence-corrected chi connectivity index (χ0v) is 13.6. The molecule has 1 aromatic rings. The highest BCUT2D eigenvalue weighted by atomic mass is 32.1. The van der Waals surface area contributed by atoms with Crippen molar-refractivity contribution in [1.82, 2.24) is 15.2 Å². The molecule has 0 unspecified atom stereocenters. The number of hydrogen-bond donors (Lipinski definition) is 3. The fourth-order valence-corrected chi connectivity index (χ4v) is 2.96. The van der Waals surface area contributed by atoms with E-state index in [2.05, 4.69) is 34.4 Å². The fourth-order valence-electron chi connectivity index (χ4n) is 2.08. The van der Waals surface area contributed by atoms with Gasteiger partial charge in [-0.3, -0.25) is 4.79 Å². The molecule has 1 amide bonds. The molecule has 1 aromatic heterocycles. The summed E-state index contributed by atoms with van der Waals surface area (Å²) in [6, 6.07) is 0.514. The van der Waals surface area contributed by atoms with Crippen LogP contribution in [0.15, 0.2) is 0 Å². The number of nitrogens with two attached hydrogens (primary N) is 1. The van der Waals surface area contributed by atoms with Crippen LogP contribution in [0.2, 0.25) is 0 Å². The molecule has 1 aliphatic carbocycles. The van der Waals surface area contributed by atoms with Crippen LogP contribution in [0.1, 0.15) is 42.8 Å². The quantitative estimate of drug-likeness (QED) is 0.605. The van der Waals surface area contributed by atoms with Gasteiger partial charge in [-0.25, -0.2) is 4.98 Å². The number of amides is 1. The number of anilines is 2. The van der Waals surface area contributed by atoms with Crippen LogP contribution in [0.3, 0.4) is 0 Å². The summed E-state index contributed by atoms with van der Waals surface area (Å²) >= 11 is 1.34. The van der Waals surface area contributed by atoms with E-state index in [0.29, 0.717) is 23.3 Å². The summed E-state index contributed by atoms with van der Waals surface area (Å²) < 4.78 is 0. The average Bonchev–Trinajstić information content (AvgIpc) is 3.20. The minimum atomic E-state index is -0.117. The molecule has 6 nitrogen and oxygen atoms in total. The van der Waals surface area contributed by atoms with Gasteiger partial charge in [-0.05, 0) is 38.9 Å². The van der Waals surface area contributed by atoms with Crippen molar-refractivity contribution in [2.45, 2.75) is 39.2 Å². The SMILES string of the molecule is CCN(CC)CCCNC(=O)c1sc(NC2CC2)nc1N. The molecule has 1 saturated carbocycles. The molecule has 4 N–H and O–H groups in total. The third kappa shape index (κ3) is 4.86. The molecule has 1 aliphatic rings. The minimum absolute atomic E-state index is 0.117. The van der Waals surface area contributed by atoms with E-state index in [1.165, 1.54) is 24.2 Å². The minimum Gasteiger partial charge on any atom is -0.382 e. The molecule has 118 valence electrons. The second-order valence-electron chi connectivity index (χ2n) is 5.29. The normalized spacial score (nSPS) is 14.4. The highest BCUT2D eigenvalue weighted by Gasteiger charge is 2.24. The standard InChI is InChI=1S/C14H25N5OS/c1-3-19(4-2)9-5-8-16-13(20)11-12(15)18-14(21-11)17-10-6-7-10/h10H,3-9,15H2,1-2H3,(H,16,20)(H,17,18). The van der Waals surface area contributed by atoms with E-state index in [1.807, 2.05) is 0 Å². The zero-order valence-electron chi connectivity index (χ0n) is 12.8. The van der Waals surface area contributed by atoms with Crippen LogP contribution in [-0.2, 0) is 0 Å². The Kier molecular flexibility index (Phi) is 5.81. The molecule has 21 heavy (non-hydrogen) atoms. The number of rotatable bonds is 9. The van der Waals surface area contributed by atoms with Gasteiger partial charge in [0.25, 0.3) is 5.91 Å². The first-order valence-electron chi connectivity index (χ1n) is 7.67. The zero-order chi connectivity index (χ0) is 15.2. The van der Waals surface area contributed by atoms with Gasteiger partial charge < -0.3 is 21.3 Å². The molecule has 0 atom stereocenters. The lowest BCUT2D eigenvalue weighted by Gasteiger charge is -2.17. The van der Waals surface area contributed by atoms with Crippen molar-refractivity contribution >= 4 is 28.2 Å². The molecule has 0 saturated heterocycles. The van der Waals surface area contributed by atoms with Crippen LogP contribution in [0, 0.1) is 0 Å². The Morgan fingerprint density at radius 1 is 1.43 bits per heavy atom. The lowest BCUT2D eigenvalue weighted by atomic mass is 10.3. The van der Waals surface area contributed by atoms with Crippen molar-refractivity contribution in [3.05, 3.63) is 4.88 Å². The lowest BCUT2D eigenvalue weighted by Crippen LogP contribution is -2.29. The van der Waals surface area contributed by atoms with Gasteiger partial charge in [-0.1, -0.05) is 25.2 Å². The maximum atomic E-state index is 12.1. The molecule has 2 rings (SSSR count). The maximum Gasteiger partial charge on any atom is 0.265 e. The van der Waals surface area contributed by atoms with Gasteiger partial charge >= 0.3 is 0 Å². The van der Waals surface area contributed by atoms with Crippen molar-refractivity contribution in [2.75, 3.05) is 37.2 Å². The van der Waals surface area contributed by atoms with Gasteiger partial charge in [0.05, 0.1) is 0 Å². The van der Waals surface area contributed by atoms with Crippen molar-refractivity contribution < 1.29 is 4.79 Å². The monoisotopic (exact) mass is 311 g/mol. The van der Waals surface area contributed by atoms with E-state index in [-0.39, 0.29) is 5.91 Å². The summed E-state index contributed by atoms with van der Waals surface area (Å²) in [5.74, 6) is 0.206. The first-order chi connectivity index (χ1) is 10.1. The topological polar surface area (TPSA) is 83.3 Å². The maximum absolute atomic E-state index is 12.1. The molecule has 1 heterocycles. The number of hydrogen-bond acceptors (Lipinski definition) is 6. The van der Waals surface area contributed by atoms with E-state index >= 15 is 0 Å². The van der Waals surface area contributed by atoms with Gasteiger partial charge in [0.15, 0.2) is 5.13 Å². The summed E-state index contributed by atoms with van der Waals surface area (Å²) in [5.41, 5.74) is 5.82. The summed E-state index contributed by atoms with van der Waals surface area (Å²) in [4.78, 5) is 19.2. The van der Waals surface area contributed by atoms with E-state index in [0.717, 1.165) is 31.2 Å².